The highest BCUT2D eigenvalue weighted by atomic mass is 16.6. The Labute approximate surface area is 125 Å². The van der Waals surface area contributed by atoms with Crippen molar-refractivity contribution in [1.82, 2.24) is 9.80 Å². The first kappa shape index (κ1) is 17.6. The van der Waals surface area contributed by atoms with Crippen molar-refractivity contribution in [1.29, 1.82) is 0 Å². The number of nitrogens with zero attached hydrogens (tertiary/aromatic N) is 2. The van der Waals surface area contributed by atoms with Crippen LogP contribution in [0.4, 0.5) is 9.59 Å². The summed E-state index contributed by atoms with van der Waals surface area (Å²) in [7, 11) is 0. The number of amides is 2. The second kappa shape index (κ2) is 6.09. The maximum absolute atomic E-state index is 12.0. The fourth-order valence-electron chi connectivity index (χ4n) is 1.75. The Morgan fingerprint density at radius 2 is 1.48 bits per heavy atom. The minimum Gasteiger partial charge on any atom is -0.444 e. The zero-order valence-corrected chi connectivity index (χ0v) is 13.7. The molecule has 7 nitrogen and oxygen atoms in total. The molecule has 0 aromatic heterocycles. The van der Waals surface area contributed by atoms with Crippen LogP contribution in [0.3, 0.4) is 0 Å². The molecule has 0 aromatic carbocycles. The SMILES string of the molecule is CC(C)(C)OC(=O)N1CCC(O)N(C(=O)OC(C)(C)C)C1. The predicted octanol–water partition coefficient (Wildman–Crippen LogP) is 2.14. The van der Waals surface area contributed by atoms with Crippen LogP contribution in [-0.4, -0.2) is 57.7 Å². The Bertz CT molecular complexity index is 397. The number of aliphatic hydroxyl groups excluding tert-OH is 1. The first-order chi connectivity index (χ1) is 9.39. The molecule has 1 atom stereocenters. The molecule has 0 radical (unpaired) electrons. The fraction of sp³-hybridized carbons (Fsp3) is 0.857. The van der Waals surface area contributed by atoms with Crippen LogP contribution in [0.5, 0.6) is 0 Å². The maximum Gasteiger partial charge on any atom is 0.413 e. The van der Waals surface area contributed by atoms with Gasteiger partial charge in [0.15, 0.2) is 0 Å². The molecule has 7 heteroatoms. The van der Waals surface area contributed by atoms with Gasteiger partial charge in [0.2, 0.25) is 0 Å². The van der Waals surface area contributed by atoms with E-state index in [0.717, 1.165) is 4.90 Å². The van der Waals surface area contributed by atoms with Crippen LogP contribution < -0.4 is 0 Å². The number of rotatable bonds is 0. The van der Waals surface area contributed by atoms with E-state index in [-0.39, 0.29) is 13.1 Å². The molecule has 0 spiro atoms. The summed E-state index contributed by atoms with van der Waals surface area (Å²) in [5.41, 5.74) is -1.27. The molecule has 1 N–H and O–H groups in total. The van der Waals surface area contributed by atoms with E-state index in [1.54, 1.807) is 41.5 Å². The lowest BCUT2D eigenvalue weighted by Gasteiger charge is -2.39. The molecule has 1 aliphatic rings. The lowest BCUT2D eigenvalue weighted by Crippen LogP contribution is -2.56. The topological polar surface area (TPSA) is 79.3 Å². The molecule has 21 heavy (non-hydrogen) atoms. The van der Waals surface area contributed by atoms with E-state index in [4.69, 9.17) is 9.47 Å². The molecule has 0 aliphatic carbocycles. The van der Waals surface area contributed by atoms with Gasteiger partial charge in [0.1, 0.15) is 24.1 Å². The largest absolute Gasteiger partial charge is 0.444 e. The molecule has 1 saturated heterocycles. The first-order valence-corrected chi connectivity index (χ1v) is 7.05. The quantitative estimate of drug-likeness (QED) is 0.741. The van der Waals surface area contributed by atoms with Crippen LogP contribution in [0.15, 0.2) is 0 Å². The van der Waals surface area contributed by atoms with E-state index in [1.165, 1.54) is 4.90 Å². The molecule has 1 aliphatic heterocycles. The van der Waals surface area contributed by atoms with Gasteiger partial charge < -0.3 is 14.6 Å². The van der Waals surface area contributed by atoms with Crippen molar-refractivity contribution in [3.05, 3.63) is 0 Å². The molecule has 122 valence electrons. The maximum atomic E-state index is 12.0. The van der Waals surface area contributed by atoms with Crippen LogP contribution >= 0.6 is 0 Å². The first-order valence-electron chi connectivity index (χ1n) is 7.05. The smallest absolute Gasteiger partial charge is 0.413 e. The van der Waals surface area contributed by atoms with Gasteiger partial charge in [-0.25, -0.2) is 9.59 Å². The van der Waals surface area contributed by atoms with E-state index in [9.17, 15) is 14.7 Å². The fourth-order valence-corrected chi connectivity index (χ4v) is 1.75. The van der Waals surface area contributed by atoms with Crippen molar-refractivity contribution in [3.63, 3.8) is 0 Å². The zero-order chi connectivity index (χ0) is 16.4. The molecular weight excluding hydrogens is 276 g/mol. The van der Waals surface area contributed by atoms with Gasteiger partial charge in [-0.05, 0) is 41.5 Å². The van der Waals surface area contributed by atoms with Crippen molar-refractivity contribution < 1.29 is 24.2 Å². The second-order valence-electron chi connectivity index (χ2n) is 7.10. The third kappa shape index (κ3) is 5.79. The molecule has 1 heterocycles. The molecule has 1 fully saturated rings. The van der Waals surface area contributed by atoms with Crippen molar-refractivity contribution >= 4 is 12.2 Å². The summed E-state index contributed by atoms with van der Waals surface area (Å²) < 4.78 is 10.5. The van der Waals surface area contributed by atoms with Gasteiger partial charge in [0.25, 0.3) is 0 Å². The summed E-state index contributed by atoms with van der Waals surface area (Å²) in [6, 6.07) is 0. The Balaban J connectivity index is 2.70. The van der Waals surface area contributed by atoms with Gasteiger partial charge in [0.05, 0.1) is 0 Å². The molecule has 0 aromatic rings. The molecular formula is C14H26N2O5. The number of hydrogen-bond donors (Lipinski definition) is 1. The standard InChI is InChI=1S/C14H26N2O5/c1-13(2,3)20-11(18)15-8-7-10(17)16(9-15)12(19)21-14(4,5)6/h10,17H,7-9H2,1-6H3. The highest BCUT2D eigenvalue weighted by Gasteiger charge is 2.35. The van der Waals surface area contributed by atoms with Crippen molar-refractivity contribution in [2.24, 2.45) is 0 Å². The monoisotopic (exact) mass is 302 g/mol. The minimum atomic E-state index is -0.960. The summed E-state index contributed by atoms with van der Waals surface area (Å²) in [5.74, 6) is 0. The molecule has 2 amide bonds. The average Bonchev–Trinajstić information content (AvgIpc) is 2.24. The normalized spacial score (nSPS) is 20.2. The van der Waals surface area contributed by atoms with Crippen LogP contribution in [0, 0.1) is 0 Å². The van der Waals surface area contributed by atoms with Crippen molar-refractivity contribution in [3.8, 4) is 0 Å². The van der Waals surface area contributed by atoms with Gasteiger partial charge in [0, 0.05) is 13.0 Å². The van der Waals surface area contributed by atoms with E-state index < -0.39 is 29.6 Å². The lowest BCUT2D eigenvalue weighted by atomic mass is 10.2. The zero-order valence-electron chi connectivity index (χ0n) is 13.7. The Morgan fingerprint density at radius 1 is 1.00 bits per heavy atom. The number of carbonyl (C=O) groups excluding carboxylic acids is 2. The van der Waals surface area contributed by atoms with Crippen molar-refractivity contribution in [2.75, 3.05) is 13.2 Å². The van der Waals surface area contributed by atoms with Crippen LogP contribution in [0.2, 0.25) is 0 Å². The van der Waals surface area contributed by atoms with Gasteiger partial charge in [-0.15, -0.1) is 0 Å². The van der Waals surface area contributed by atoms with Crippen LogP contribution in [0.1, 0.15) is 48.0 Å². The third-order valence-corrected chi connectivity index (χ3v) is 2.62. The highest BCUT2D eigenvalue weighted by molar-refractivity contribution is 5.71. The molecule has 0 saturated carbocycles. The van der Waals surface area contributed by atoms with Gasteiger partial charge in [-0.2, -0.15) is 0 Å². The molecule has 1 unspecified atom stereocenters. The number of ether oxygens (including phenoxy) is 2. The summed E-state index contributed by atoms with van der Waals surface area (Å²) in [6.07, 6.45) is -1.86. The highest BCUT2D eigenvalue weighted by Crippen LogP contribution is 2.19. The van der Waals surface area contributed by atoms with E-state index >= 15 is 0 Å². The Morgan fingerprint density at radius 3 is 1.95 bits per heavy atom. The van der Waals surface area contributed by atoms with Crippen LogP contribution in [-0.2, 0) is 9.47 Å². The van der Waals surface area contributed by atoms with E-state index in [1.807, 2.05) is 0 Å². The molecule has 0 bridgehead atoms. The number of hydrogen-bond acceptors (Lipinski definition) is 5. The minimum absolute atomic E-state index is 0.0506. The van der Waals surface area contributed by atoms with Gasteiger partial charge in [-0.3, -0.25) is 9.80 Å². The van der Waals surface area contributed by atoms with Crippen LogP contribution in [0.25, 0.3) is 0 Å². The third-order valence-electron chi connectivity index (χ3n) is 2.62. The Hall–Kier alpha value is -1.50. The predicted molar refractivity (Wildman–Crippen MR) is 76.5 cm³/mol. The molecule has 1 rings (SSSR count). The average molecular weight is 302 g/mol. The Kier molecular flexibility index (Phi) is 5.09. The summed E-state index contributed by atoms with van der Waals surface area (Å²) >= 11 is 0. The van der Waals surface area contributed by atoms with Crippen molar-refractivity contribution in [2.45, 2.75) is 65.4 Å². The lowest BCUT2D eigenvalue weighted by molar-refractivity contribution is -0.0793. The van der Waals surface area contributed by atoms with E-state index in [0.29, 0.717) is 6.54 Å². The van der Waals surface area contributed by atoms with Gasteiger partial charge >= 0.3 is 12.2 Å². The summed E-state index contributed by atoms with van der Waals surface area (Å²) in [5, 5.41) is 9.91. The number of aliphatic hydroxyl groups is 1. The second-order valence-corrected chi connectivity index (χ2v) is 7.10. The summed E-state index contributed by atoms with van der Waals surface area (Å²) in [6.45, 7) is 10.8. The number of carbonyl (C=O) groups is 2. The van der Waals surface area contributed by atoms with Gasteiger partial charge in [-0.1, -0.05) is 0 Å². The van der Waals surface area contributed by atoms with E-state index in [2.05, 4.69) is 0 Å². The summed E-state index contributed by atoms with van der Waals surface area (Å²) in [4.78, 5) is 26.6.